The topological polar surface area (TPSA) is 4.93 Å². The number of benzene rings is 2. The number of hydrogen-bond acceptors (Lipinski definition) is 0. The van der Waals surface area contributed by atoms with Crippen molar-refractivity contribution in [3.8, 4) is 0 Å². The van der Waals surface area contributed by atoms with E-state index in [1.165, 1.54) is 66.0 Å². The van der Waals surface area contributed by atoms with Gasteiger partial charge in [0.15, 0.2) is 0 Å². The van der Waals surface area contributed by atoms with Crippen LogP contribution in [0.25, 0.3) is 27.5 Å². The average Bonchev–Trinajstić information content (AvgIpc) is 3.00. The number of para-hydroxylation sites is 2. The van der Waals surface area contributed by atoms with E-state index in [2.05, 4.69) is 72.2 Å². The highest BCUT2D eigenvalue weighted by Gasteiger charge is 2.15. The molecule has 1 aliphatic rings. The van der Waals surface area contributed by atoms with Gasteiger partial charge < -0.3 is 4.57 Å². The van der Waals surface area contributed by atoms with Crippen LogP contribution in [0.4, 0.5) is 0 Å². The van der Waals surface area contributed by atoms with Crippen molar-refractivity contribution in [2.24, 2.45) is 0 Å². The van der Waals surface area contributed by atoms with Gasteiger partial charge in [-0.3, -0.25) is 0 Å². The Hall–Kier alpha value is -2.28. The van der Waals surface area contributed by atoms with Crippen LogP contribution in [0.2, 0.25) is 0 Å². The van der Waals surface area contributed by atoms with Gasteiger partial charge in [0.2, 0.25) is 0 Å². The molecule has 0 N–H and O–H groups in total. The number of allylic oxidation sites excluding steroid dienone is 4. The molecule has 128 valence electrons. The third kappa shape index (κ3) is 3.16. The van der Waals surface area contributed by atoms with E-state index >= 15 is 0 Å². The Labute approximate surface area is 150 Å². The molecular formula is C24H27N. The third-order valence-corrected chi connectivity index (χ3v) is 5.43. The number of unbranched alkanes of at least 4 members (excludes halogenated alkanes) is 3. The van der Waals surface area contributed by atoms with E-state index in [1.54, 1.807) is 5.57 Å². The van der Waals surface area contributed by atoms with Gasteiger partial charge in [0.1, 0.15) is 0 Å². The summed E-state index contributed by atoms with van der Waals surface area (Å²) in [5.41, 5.74) is 5.71. The van der Waals surface area contributed by atoms with Crippen molar-refractivity contribution in [2.45, 2.75) is 51.9 Å². The minimum atomic E-state index is 1.14. The van der Waals surface area contributed by atoms with E-state index in [-0.39, 0.29) is 0 Å². The molecule has 0 saturated carbocycles. The molecule has 1 aromatic heterocycles. The molecule has 1 heteroatoms. The van der Waals surface area contributed by atoms with Gasteiger partial charge in [-0.1, -0.05) is 74.2 Å². The molecule has 2 aromatic carbocycles. The molecule has 1 aliphatic carbocycles. The highest BCUT2D eigenvalue weighted by atomic mass is 15.0. The molecule has 0 amide bonds. The van der Waals surface area contributed by atoms with Gasteiger partial charge in [-0.05, 0) is 43.9 Å². The van der Waals surface area contributed by atoms with Gasteiger partial charge >= 0.3 is 0 Å². The van der Waals surface area contributed by atoms with Crippen molar-refractivity contribution < 1.29 is 0 Å². The fourth-order valence-corrected chi connectivity index (χ4v) is 4.07. The van der Waals surface area contributed by atoms with Crippen LogP contribution in [0.1, 0.15) is 51.9 Å². The first-order valence-electron chi connectivity index (χ1n) is 9.75. The van der Waals surface area contributed by atoms with E-state index in [0.29, 0.717) is 0 Å². The van der Waals surface area contributed by atoms with Gasteiger partial charge in [0, 0.05) is 16.5 Å². The second-order valence-electron chi connectivity index (χ2n) is 7.16. The van der Waals surface area contributed by atoms with Crippen LogP contribution in [-0.2, 0) is 0 Å². The second-order valence-corrected chi connectivity index (χ2v) is 7.16. The molecule has 0 radical (unpaired) electrons. The maximum Gasteiger partial charge on any atom is 0.0537 e. The summed E-state index contributed by atoms with van der Waals surface area (Å²) in [6.07, 6.45) is 13.8. The first kappa shape index (κ1) is 16.2. The number of hydrogen-bond donors (Lipinski definition) is 0. The van der Waals surface area contributed by atoms with Crippen LogP contribution < -0.4 is 0 Å². The summed E-state index contributed by atoms with van der Waals surface area (Å²) in [4.78, 5) is 0. The zero-order valence-electron chi connectivity index (χ0n) is 15.2. The van der Waals surface area contributed by atoms with Crippen LogP contribution in [-0.4, -0.2) is 4.57 Å². The van der Waals surface area contributed by atoms with Crippen molar-refractivity contribution in [2.75, 3.05) is 0 Å². The molecule has 25 heavy (non-hydrogen) atoms. The lowest BCUT2D eigenvalue weighted by atomic mass is 9.97. The Morgan fingerprint density at radius 1 is 0.760 bits per heavy atom. The lowest BCUT2D eigenvalue weighted by Crippen LogP contribution is -2.01. The molecule has 0 aliphatic heterocycles. The van der Waals surface area contributed by atoms with Gasteiger partial charge in [0.05, 0.1) is 11.0 Å². The first-order valence-corrected chi connectivity index (χ1v) is 9.75. The lowest BCUT2D eigenvalue weighted by molar-refractivity contribution is 0.653. The zero-order valence-corrected chi connectivity index (χ0v) is 15.2. The maximum absolute atomic E-state index is 2.47. The Kier molecular flexibility index (Phi) is 4.74. The van der Waals surface area contributed by atoms with E-state index in [4.69, 9.17) is 0 Å². The van der Waals surface area contributed by atoms with E-state index < -0.39 is 0 Å². The summed E-state index contributed by atoms with van der Waals surface area (Å²) in [6.45, 7) is 2.28. The summed E-state index contributed by atoms with van der Waals surface area (Å²) in [5, 5.41) is 2.71. The predicted molar refractivity (Wildman–Crippen MR) is 110 cm³/mol. The van der Waals surface area contributed by atoms with E-state index in [0.717, 1.165) is 6.42 Å². The van der Waals surface area contributed by atoms with Gasteiger partial charge in [-0.2, -0.15) is 0 Å². The maximum atomic E-state index is 2.47. The Bertz CT molecular complexity index is 886. The lowest BCUT2D eigenvalue weighted by Gasteiger charge is -2.18. The van der Waals surface area contributed by atoms with Gasteiger partial charge in [0.25, 0.3) is 0 Å². The van der Waals surface area contributed by atoms with Crippen molar-refractivity contribution in [1.82, 2.24) is 4.57 Å². The van der Waals surface area contributed by atoms with Crippen LogP contribution in [0.5, 0.6) is 0 Å². The first-order chi connectivity index (χ1) is 12.4. The van der Waals surface area contributed by atoms with Gasteiger partial charge in [-0.25, -0.2) is 0 Å². The van der Waals surface area contributed by atoms with E-state index in [9.17, 15) is 0 Å². The second kappa shape index (κ2) is 7.31. The summed E-state index contributed by atoms with van der Waals surface area (Å²) < 4.78 is 2.47. The molecule has 0 unspecified atom stereocenters. The Morgan fingerprint density at radius 3 is 2.04 bits per heavy atom. The van der Waals surface area contributed by atoms with Crippen LogP contribution in [0, 0.1) is 0 Å². The number of nitrogens with zero attached hydrogens (tertiary/aromatic N) is 1. The van der Waals surface area contributed by atoms with Crippen LogP contribution >= 0.6 is 0 Å². The van der Waals surface area contributed by atoms with Crippen molar-refractivity contribution in [1.29, 1.82) is 0 Å². The van der Waals surface area contributed by atoms with Crippen molar-refractivity contribution >= 4 is 27.5 Å². The van der Waals surface area contributed by atoms with Crippen molar-refractivity contribution in [3.05, 3.63) is 66.3 Å². The molecule has 0 saturated heterocycles. The summed E-state index contributed by atoms with van der Waals surface area (Å²) >= 11 is 0. The van der Waals surface area contributed by atoms with Crippen molar-refractivity contribution in [3.63, 3.8) is 0 Å². The predicted octanol–water partition coefficient (Wildman–Crippen LogP) is 7.33. The molecule has 3 aromatic rings. The highest BCUT2D eigenvalue weighted by Crippen LogP contribution is 2.35. The summed E-state index contributed by atoms with van der Waals surface area (Å²) in [5.74, 6) is 0. The Balaban J connectivity index is 1.68. The number of aromatic nitrogens is 1. The fourth-order valence-electron chi connectivity index (χ4n) is 4.07. The fraction of sp³-hybridized carbons (Fsp3) is 0.333. The molecule has 1 heterocycles. The molecule has 1 nitrogen and oxygen atoms in total. The number of fused-ring (bicyclic) bond motifs is 3. The third-order valence-electron chi connectivity index (χ3n) is 5.43. The largest absolute Gasteiger partial charge is 0.313 e. The molecule has 4 rings (SSSR count). The SMILES string of the molecule is CCCCCCC1=CC=C(n2c3ccccc3c3ccccc32)CC1. The normalized spacial score (nSPS) is 14.8. The van der Waals surface area contributed by atoms with Crippen LogP contribution in [0.15, 0.2) is 66.3 Å². The standard InChI is InChI=1S/C24H27N/c1-2-3-4-5-10-19-15-17-20(18-16-19)25-23-13-8-6-11-21(23)22-12-7-9-14-24(22)25/h6-9,11-15,17H,2-5,10,16,18H2,1H3. The molecule has 0 atom stereocenters. The quantitative estimate of drug-likeness (QED) is 0.417. The van der Waals surface area contributed by atoms with Gasteiger partial charge in [-0.15, -0.1) is 0 Å². The summed E-state index contributed by atoms with van der Waals surface area (Å²) in [6, 6.07) is 17.6. The molecule has 0 spiro atoms. The molecular weight excluding hydrogens is 302 g/mol. The Morgan fingerprint density at radius 2 is 1.44 bits per heavy atom. The summed E-state index contributed by atoms with van der Waals surface area (Å²) in [7, 11) is 0. The minimum absolute atomic E-state index is 1.14. The van der Waals surface area contributed by atoms with Crippen LogP contribution in [0.3, 0.4) is 0 Å². The smallest absolute Gasteiger partial charge is 0.0537 e. The molecule has 0 bridgehead atoms. The number of rotatable bonds is 6. The highest BCUT2D eigenvalue weighted by molar-refractivity contribution is 6.10. The zero-order chi connectivity index (χ0) is 17.1. The monoisotopic (exact) mass is 329 g/mol. The minimum Gasteiger partial charge on any atom is -0.313 e. The molecule has 0 fully saturated rings. The van der Waals surface area contributed by atoms with E-state index in [1.807, 2.05) is 0 Å². The average molecular weight is 329 g/mol.